The number of rotatable bonds is 5. The molecule has 0 fully saturated rings. The van der Waals surface area contributed by atoms with E-state index in [1.165, 1.54) is 4.68 Å². The second-order valence-corrected chi connectivity index (χ2v) is 5.57. The average molecular weight is 303 g/mol. The highest BCUT2D eigenvalue weighted by atomic mass is 16.5. The molecule has 1 aromatic carbocycles. The molecule has 2 rings (SSSR count). The number of benzene rings is 1. The Kier molecular flexibility index (Phi) is 4.92. The third kappa shape index (κ3) is 3.17. The summed E-state index contributed by atoms with van der Waals surface area (Å²) < 4.78 is 6.36. The number of hydrogen-bond acceptors (Lipinski definition) is 4. The normalized spacial score (nSPS) is 12.6. The molecule has 1 amide bonds. The van der Waals surface area contributed by atoms with Gasteiger partial charge in [0.25, 0.3) is 11.5 Å². The van der Waals surface area contributed by atoms with Crippen molar-refractivity contribution in [3.05, 3.63) is 40.3 Å². The highest BCUT2D eigenvalue weighted by Crippen LogP contribution is 2.14. The van der Waals surface area contributed by atoms with Crippen LogP contribution in [0.2, 0.25) is 0 Å². The standard InChI is InChI=1S/C16H21N3O3/c1-10(2)19-16(21)13-8-6-5-7-12(13)14(18-19)15(20)17-11(3)9-22-4/h5-8,10-11H,9H2,1-4H3,(H,17,20). The van der Waals surface area contributed by atoms with Crippen molar-refractivity contribution in [2.75, 3.05) is 13.7 Å². The summed E-state index contributed by atoms with van der Waals surface area (Å²) in [6, 6.07) is 6.76. The van der Waals surface area contributed by atoms with Crippen LogP contribution in [-0.4, -0.2) is 35.4 Å². The maximum Gasteiger partial charge on any atom is 0.274 e. The number of nitrogens with one attached hydrogen (secondary N) is 1. The first kappa shape index (κ1) is 16.2. The largest absolute Gasteiger partial charge is 0.383 e. The number of hydrogen-bond donors (Lipinski definition) is 1. The predicted octanol–water partition coefficient (Wildman–Crippen LogP) is 1.74. The molecule has 6 heteroatoms. The van der Waals surface area contributed by atoms with Gasteiger partial charge >= 0.3 is 0 Å². The zero-order valence-electron chi connectivity index (χ0n) is 13.3. The van der Waals surface area contributed by atoms with Crippen molar-refractivity contribution in [1.29, 1.82) is 0 Å². The van der Waals surface area contributed by atoms with Gasteiger partial charge in [-0.1, -0.05) is 18.2 Å². The minimum absolute atomic E-state index is 0.125. The Hall–Kier alpha value is -2.21. The number of ether oxygens (including phenoxy) is 1. The molecular formula is C16H21N3O3. The molecule has 2 aromatic rings. The van der Waals surface area contributed by atoms with Crippen molar-refractivity contribution in [2.45, 2.75) is 32.9 Å². The number of carbonyl (C=O) groups excluding carboxylic acids is 1. The van der Waals surface area contributed by atoms with E-state index in [9.17, 15) is 9.59 Å². The van der Waals surface area contributed by atoms with Gasteiger partial charge in [-0.2, -0.15) is 5.10 Å². The van der Waals surface area contributed by atoms with Crippen LogP contribution in [-0.2, 0) is 4.74 Å². The number of fused-ring (bicyclic) bond motifs is 1. The lowest BCUT2D eigenvalue weighted by atomic mass is 10.1. The van der Waals surface area contributed by atoms with Gasteiger partial charge in [-0.05, 0) is 26.8 Å². The highest BCUT2D eigenvalue weighted by Gasteiger charge is 2.18. The molecule has 22 heavy (non-hydrogen) atoms. The summed E-state index contributed by atoms with van der Waals surface area (Å²) in [6.45, 7) is 5.98. The summed E-state index contributed by atoms with van der Waals surface area (Å²) in [5, 5.41) is 8.16. The average Bonchev–Trinajstić information content (AvgIpc) is 2.47. The van der Waals surface area contributed by atoms with E-state index in [4.69, 9.17) is 4.74 Å². The topological polar surface area (TPSA) is 73.2 Å². The molecular weight excluding hydrogens is 282 g/mol. The molecule has 0 saturated carbocycles. The molecule has 0 saturated heterocycles. The van der Waals surface area contributed by atoms with Gasteiger partial charge in [0.15, 0.2) is 5.69 Å². The molecule has 0 spiro atoms. The van der Waals surface area contributed by atoms with Crippen molar-refractivity contribution in [2.24, 2.45) is 0 Å². The van der Waals surface area contributed by atoms with Gasteiger partial charge in [-0.25, -0.2) is 4.68 Å². The number of carbonyl (C=O) groups is 1. The Bertz CT molecular complexity index is 737. The Morgan fingerprint density at radius 1 is 1.27 bits per heavy atom. The number of aromatic nitrogens is 2. The first-order valence-corrected chi connectivity index (χ1v) is 7.27. The van der Waals surface area contributed by atoms with Crippen LogP contribution in [0.5, 0.6) is 0 Å². The van der Waals surface area contributed by atoms with Crippen molar-refractivity contribution in [3.63, 3.8) is 0 Å². The molecule has 1 heterocycles. The van der Waals surface area contributed by atoms with Crippen molar-refractivity contribution in [3.8, 4) is 0 Å². The molecule has 0 radical (unpaired) electrons. The second kappa shape index (κ2) is 6.70. The van der Waals surface area contributed by atoms with Gasteiger partial charge in [-0.15, -0.1) is 0 Å². The van der Waals surface area contributed by atoms with Gasteiger partial charge < -0.3 is 10.1 Å². The number of nitrogens with zero attached hydrogens (tertiary/aromatic N) is 2. The van der Waals surface area contributed by atoms with Crippen LogP contribution in [0.25, 0.3) is 10.8 Å². The van der Waals surface area contributed by atoms with Crippen molar-refractivity contribution in [1.82, 2.24) is 15.1 Å². The Morgan fingerprint density at radius 2 is 1.91 bits per heavy atom. The summed E-state index contributed by atoms with van der Waals surface area (Å²) in [5.41, 5.74) is 0.0685. The SMILES string of the molecule is COCC(C)NC(=O)c1nn(C(C)C)c(=O)c2ccccc12. The summed E-state index contributed by atoms with van der Waals surface area (Å²) in [4.78, 5) is 24.9. The minimum Gasteiger partial charge on any atom is -0.383 e. The molecule has 0 aliphatic rings. The maximum absolute atomic E-state index is 12.5. The summed E-state index contributed by atoms with van der Waals surface area (Å²) in [5.74, 6) is -0.310. The van der Waals surface area contributed by atoms with Gasteiger partial charge in [0.1, 0.15) is 0 Å². The van der Waals surface area contributed by atoms with E-state index in [2.05, 4.69) is 10.4 Å². The first-order chi connectivity index (χ1) is 10.5. The van der Waals surface area contributed by atoms with Gasteiger partial charge in [0.2, 0.25) is 0 Å². The Balaban J connectivity index is 2.55. The molecule has 1 atom stereocenters. The van der Waals surface area contributed by atoms with Crippen LogP contribution in [0.1, 0.15) is 37.3 Å². The van der Waals surface area contributed by atoms with E-state index in [0.29, 0.717) is 17.4 Å². The first-order valence-electron chi connectivity index (χ1n) is 7.27. The van der Waals surface area contributed by atoms with Crippen LogP contribution in [0.4, 0.5) is 0 Å². The fraction of sp³-hybridized carbons (Fsp3) is 0.438. The van der Waals surface area contributed by atoms with Crippen LogP contribution in [0, 0.1) is 0 Å². The fourth-order valence-electron chi connectivity index (χ4n) is 2.31. The molecule has 6 nitrogen and oxygen atoms in total. The van der Waals surface area contributed by atoms with Gasteiger partial charge in [0, 0.05) is 18.5 Å². The lowest BCUT2D eigenvalue weighted by Gasteiger charge is -2.16. The van der Waals surface area contributed by atoms with Crippen LogP contribution >= 0.6 is 0 Å². The van der Waals surface area contributed by atoms with E-state index < -0.39 is 0 Å². The molecule has 1 N–H and O–H groups in total. The lowest BCUT2D eigenvalue weighted by Crippen LogP contribution is -2.38. The Labute approximate surface area is 129 Å². The van der Waals surface area contributed by atoms with Crippen LogP contribution < -0.4 is 10.9 Å². The number of amides is 1. The van der Waals surface area contributed by atoms with E-state index >= 15 is 0 Å². The quantitative estimate of drug-likeness (QED) is 0.913. The van der Waals surface area contributed by atoms with E-state index in [0.717, 1.165) is 0 Å². The zero-order chi connectivity index (χ0) is 16.3. The van der Waals surface area contributed by atoms with E-state index in [1.807, 2.05) is 20.8 Å². The van der Waals surface area contributed by atoms with Crippen molar-refractivity contribution < 1.29 is 9.53 Å². The van der Waals surface area contributed by atoms with Crippen LogP contribution in [0.15, 0.2) is 29.1 Å². The zero-order valence-corrected chi connectivity index (χ0v) is 13.3. The minimum atomic E-state index is -0.310. The third-order valence-corrected chi connectivity index (χ3v) is 3.33. The van der Waals surface area contributed by atoms with E-state index in [-0.39, 0.29) is 29.2 Å². The maximum atomic E-state index is 12.5. The molecule has 0 bridgehead atoms. The Morgan fingerprint density at radius 3 is 2.50 bits per heavy atom. The highest BCUT2D eigenvalue weighted by molar-refractivity contribution is 6.04. The van der Waals surface area contributed by atoms with Gasteiger partial charge in [0.05, 0.1) is 18.0 Å². The second-order valence-electron chi connectivity index (χ2n) is 5.57. The molecule has 0 aliphatic carbocycles. The molecule has 1 unspecified atom stereocenters. The number of methoxy groups -OCH3 is 1. The summed E-state index contributed by atoms with van der Waals surface area (Å²) >= 11 is 0. The fourth-order valence-corrected chi connectivity index (χ4v) is 2.31. The lowest BCUT2D eigenvalue weighted by molar-refractivity contribution is 0.0900. The predicted molar refractivity (Wildman–Crippen MR) is 85.2 cm³/mol. The molecule has 118 valence electrons. The molecule has 0 aliphatic heterocycles. The monoisotopic (exact) mass is 303 g/mol. The summed E-state index contributed by atoms with van der Waals surface area (Å²) in [6.07, 6.45) is 0. The smallest absolute Gasteiger partial charge is 0.274 e. The van der Waals surface area contributed by atoms with E-state index in [1.54, 1.807) is 31.4 Å². The van der Waals surface area contributed by atoms with Crippen molar-refractivity contribution >= 4 is 16.7 Å². The summed E-state index contributed by atoms with van der Waals surface area (Å²) in [7, 11) is 1.58. The molecule has 1 aromatic heterocycles. The van der Waals surface area contributed by atoms with Crippen LogP contribution in [0.3, 0.4) is 0 Å². The van der Waals surface area contributed by atoms with Gasteiger partial charge in [-0.3, -0.25) is 9.59 Å². The third-order valence-electron chi connectivity index (χ3n) is 3.33.